The molecule has 0 amide bonds. The number of unbranched alkanes of at least 4 members (excludes halogenated alkanes) is 1. The van der Waals surface area contributed by atoms with Gasteiger partial charge in [-0.2, -0.15) is 0 Å². The zero-order chi connectivity index (χ0) is 32.0. The van der Waals surface area contributed by atoms with E-state index in [0.717, 1.165) is 11.1 Å². The zero-order valence-electron chi connectivity index (χ0n) is 25.5. The van der Waals surface area contributed by atoms with Crippen molar-refractivity contribution in [1.82, 2.24) is 0 Å². The molecule has 0 spiro atoms. The number of carbonyl (C=O) groups excluding carboxylic acids is 3. The van der Waals surface area contributed by atoms with Crippen molar-refractivity contribution in [3.8, 4) is 28.4 Å². The first kappa shape index (κ1) is 33.9. The number of aliphatic hydroxyl groups excluding tert-OH is 1. The Hall–Kier alpha value is -4.63. The van der Waals surface area contributed by atoms with E-state index in [4.69, 9.17) is 23.7 Å². The number of benzene rings is 3. The van der Waals surface area contributed by atoms with Gasteiger partial charge in [-0.15, -0.1) is 0 Å². The molecule has 44 heavy (non-hydrogen) atoms. The van der Waals surface area contributed by atoms with Gasteiger partial charge in [0.1, 0.15) is 17.2 Å². The van der Waals surface area contributed by atoms with Gasteiger partial charge in [0.15, 0.2) is 0 Å². The maximum Gasteiger partial charge on any atom is 0.343 e. The van der Waals surface area contributed by atoms with E-state index in [-0.39, 0.29) is 19.8 Å². The molecule has 0 bridgehead atoms. The number of hydrogen-bond donors (Lipinski definition) is 1. The number of aliphatic hydroxyl groups is 1. The van der Waals surface area contributed by atoms with Crippen LogP contribution in [0.4, 0.5) is 0 Å². The van der Waals surface area contributed by atoms with Crippen molar-refractivity contribution < 1.29 is 43.2 Å². The number of rotatable bonds is 17. The Bertz CT molecular complexity index is 1380. The molecule has 0 radical (unpaired) electrons. The second-order valence-electron chi connectivity index (χ2n) is 10.8. The summed E-state index contributed by atoms with van der Waals surface area (Å²) in [5, 5.41) is 9.20. The second kappa shape index (κ2) is 16.9. The van der Waals surface area contributed by atoms with E-state index in [1.165, 1.54) is 0 Å². The molecule has 3 aromatic rings. The van der Waals surface area contributed by atoms with Gasteiger partial charge in [-0.05, 0) is 93.3 Å². The fourth-order valence-electron chi connectivity index (χ4n) is 3.67. The van der Waals surface area contributed by atoms with E-state index in [0.29, 0.717) is 60.9 Å². The first-order valence-corrected chi connectivity index (χ1v) is 14.5. The van der Waals surface area contributed by atoms with Gasteiger partial charge in [0.05, 0.1) is 44.0 Å². The highest BCUT2D eigenvalue weighted by Gasteiger charge is 2.28. The predicted octanol–water partition coefficient (Wildman–Crippen LogP) is 6.18. The Labute approximate surface area is 258 Å². The number of carbonyl (C=O) groups is 3. The summed E-state index contributed by atoms with van der Waals surface area (Å²) < 4.78 is 27.2. The summed E-state index contributed by atoms with van der Waals surface area (Å²) in [7, 11) is 0. The summed E-state index contributed by atoms with van der Waals surface area (Å²) >= 11 is 0. The molecule has 3 aromatic carbocycles. The molecule has 0 aliphatic heterocycles. The molecule has 234 valence electrons. The zero-order valence-corrected chi connectivity index (χ0v) is 25.5. The SMILES string of the molecule is C=C(C)C(=O)OCCCOc1ccc(-c2ccc(OC(=O)c3ccc(OCCCCOC(=O)C(C)(C)CO)cc3)cc2)cc1. The molecule has 0 heterocycles. The summed E-state index contributed by atoms with van der Waals surface area (Å²) in [6.45, 7) is 9.54. The van der Waals surface area contributed by atoms with E-state index < -0.39 is 23.3 Å². The molecule has 9 heteroatoms. The van der Waals surface area contributed by atoms with Gasteiger partial charge in [-0.25, -0.2) is 9.59 Å². The summed E-state index contributed by atoms with van der Waals surface area (Å²) in [4.78, 5) is 35.8. The maximum atomic E-state index is 12.6. The van der Waals surface area contributed by atoms with Crippen LogP contribution in [0.25, 0.3) is 11.1 Å². The van der Waals surface area contributed by atoms with Crippen LogP contribution in [0.15, 0.2) is 84.9 Å². The molecule has 0 aliphatic carbocycles. The van der Waals surface area contributed by atoms with Gasteiger partial charge in [0.2, 0.25) is 0 Å². The maximum absolute atomic E-state index is 12.6. The Morgan fingerprint density at radius 2 is 1.16 bits per heavy atom. The molecular weight excluding hydrogens is 564 g/mol. The molecule has 9 nitrogen and oxygen atoms in total. The smallest absolute Gasteiger partial charge is 0.343 e. The van der Waals surface area contributed by atoms with Gasteiger partial charge in [0.25, 0.3) is 0 Å². The molecule has 0 saturated heterocycles. The molecule has 0 saturated carbocycles. The van der Waals surface area contributed by atoms with Gasteiger partial charge in [-0.3, -0.25) is 4.79 Å². The van der Waals surface area contributed by atoms with E-state index in [1.54, 1.807) is 57.2 Å². The second-order valence-corrected chi connectivity index (χ2v) is 10.8. The van der Waals surface area contributed by atoms with Crippen LogP contribution in [-0.4, -0.2) is 56.0 Å². The van der Waals surface area contributed by atoms with Crippen molar-refractivity contribution in [2.75, 3.05) is 33.0 Å². The van der Waals surface area contributed by atoms with E-state index >= 15 is 0 Å². The molecular formula is C35H40O9. The largest absolute Gasteiger partial charge is 0.494 e. The van der Waals surface area contributed by atoms with Crippen molar-refractivity contribution in [1.29, 1.82) is 0 Å². The van der Waals surface area contributed by atoms with Crippen LogP contribution in [0.2, 0.25) is 0 Å². The fraction of sp³-hybridized carbons (Fsp3) is 0.343. The minimum Gasteiger partial charge on any atom is -0.494 e. The Kier molecular flexibility index (Phi) is 13.0. The highest BCUT2D eigenvalue weighted by molar-refractivity contribution is 5.91. The third-order valence-electron chi connectivity index (χ3n) is 6.47. The lowest BCUT2D eigenvalue weighted by atomic mass is 9.95. The Morgan fingerprint density at radius 3 is 1.70 bits per heavy atom. The average molecular weight is 605 g/mol. The third kappa shape index (κ3) is 10.9. The van der Waals surface area contributed by atoms with E-state index in [1.807, 2.05) is 36.4 Å². The number of esters is 3. The van der Waals surface area contributed by atoms with Gasteiger partial charge in [0, 0.05) is 12.0 Å². The molecule has 0 unspecified atom stereocenters. The molecule has 3 rings (SSSR count). The minimum atomic E-state index is -0.902. The van der Waals surface area contributed by atoms with Crippen LogP contribution in [0.5, 0.6) is 17.2 Å². The summed E-state index contributed by atoms with van der Waals surface area (Å²) in [5.74, 6) is 0.448. The predicted molar refractivity (Wildman–Crippen MR) is 166 cm³/mol. The lowest BCUT2D eigenvalue weighted by molar-refractivity contribution is -0.156. The lowest BCUT2D eigenvalue weighted by Crippen LogP contribution is -2.30. The Morgan fingerprint density at radius 1 is 0.682 bits per heavy atom. The van der Waals surface area contributed by atoms with Crippen molar-refractivity contribution in [3.05, 3.63) is 90.5 Å². The quantitative estimate of drug-likeness (QED) is 0.0834. The summed E-state index contributed by atoms with van der Waals surface area (Å²) in [6.07, 6.45) is 1.89. The molecule has 0 aliphatic rings. The van der Waals surface area contributed by atoms with Crippen molar-refractivity contribution in [3.63, 3.8) is 0 Å². The van der Waals surface area contributed by atoms with Crippen LogP contribution in [-0.2, 0) is 19.1 Å². The monoisotopic (exact) mass is 604 g/mol. The molecule has 0 aromatic heterocycles. The lowest BCUT2D eigenvalue weighted by Gasteiger charge is -2.19. The standard InChI is InChI=1S/C35H40O9/c1-25(2)32(37)42-23-7-22-41-29-14-8-26(9-15-29)27-10-18-31(19-11-27)44-33(38)28-12-16-30(17-13-28)40-20-5-6-21-43-34(39)35(3,4)24-36/h8-19,36H,1,5-7,20-24H2,2-4H3. The number of ether oxygens (including phenoxy) is 5. The van der Waals surface area contributed by atoms with Crippen molar-refractivity contribution in [2.24, 2.45) is 5.41 Å². The van der Waals surface area contributed by atoms with E-state index in [2.05, 4.69) is 6.58 Å². The minimum absolute atomic E-state index is 0.262. The Balaban J connectivity index is 1.38. The molecule has 0 atom stereocenters. The van der Waals surface area contributed by atoms with Crippen LogP contribution in [0.1, 0.15) is 50.4 Å². The van der Waals surface area contributed by atoms with Crippen LogP contribution >= 0.6 is 0 Å². The summed E-state index contributed by atoms with van der Waals surface area (Å²) in [6, 6.07) is 21.5. The van der Waals surface area contributed by atoms with Crippen molar-refractivity contribution in [2.45, 2.75) is 40.0 Å². The van der Waals surface area contributed by atoms with Crippen LogP contribution in [0.3, 0.4) is 0 Å². The van der Waals surface area contributed by atoms with Gasteiger partial charge >= 0.3 is 17.9 Å². The topological polar surface area (TPSA) is 118 Å². The highest BCUT2D eigenvalue weighted by Crippen LogP contribution is 2.25. The summed E-state index contributed by atoms with van der Waals surface area (Å²) in [5.41, 5.74) is 1.80. The third-order valence-corrected chi connectivity index (χ3v) is 6.47. The average Bonchev–Trinajstić information content (AvgIpc) is 3.03. The normalized spacial score (nSPS) is 10.9. The number of hydrogen-bond acceptors (Lipinski definition) is 9. The van der Waals surface area contributed by atoms with Crippen LogP contribution < -0.4 is 14.2 Å². The first-order valence-electron chi connectivity index (χ1n) is 14.5. The molecule has 0 fully saturated rings. The van der Waals surface area contributed by atoms with Crippen LogP contribution in [0, 0.1) is 5.41 Å². The fourth-order valence-corrected chi connectivity index (χ4v) is 3.67. The van der Waals surface area contributed by atoms with Crippen molar-refractivity contribution >= 4 is 17.9 Å². The van der Waals surface area contributed by atoms with Gasteiger partial charge in [-0.1, -0.05) is 30.8 Å². The molecule has 1 N–H and O–H groups in total. The van der Waals surface area contributed by atoms with Gasteiger partial charge < -0.3 is 28.8 Å². The van der Waals surface area contributed by atoms with E-state index in [9.17, 15) is 19.5 Å². The first-order chi connectivity index (χ1) is 21.1. The highest BCUT2D eigenvalue weighted by atomic mass is 16.5.